The van der Waals surface area contributed by atoms with Crippen LogP contribution in [0.5, 0.6) is 0 Å². The fraction of sp³-hybridized carbons (Fsp3) is 0.758. The van der Waals surface area contributed by atoms with Crippen molar-refractivity contribution in [1.29, 1.82) is 0 Å². The summed E-state index contributed by atoms with van der Waals surface area (Å²) >= 11 is 0. The zero-order valence-electron chi connectivity index (χ0n) is 24.7. The van der Waals surface area contributed by atoms with Gasteiger partial charge in [-0.25, -0.2) is 0 Å². The second-order valence-corrected chi connectivity index (χ2v) is 10.2. The van der Waals surface area contributed by atoms with Crippen LogP contribution in [0.1, 0.15) is 142 Å². The standard InChI is InChI=1S/C33H58O5/c1-3-5-7-9-11-13-15-16-17-18-20-22-24-26-28-33(36)38-31(29-34)30-37-32(35)27-25-23-21-19-14-12-10-8-6-4-2/h8-11,15-16,31,34H,3-7,12-14,17-30H2,1-2H3/b10-8-,11-9-,16-15-. The quantitative estimate of drug-likeness (QED) is 0.0647. The Morgan fingerprint density at radius 2 is 1.11 bits per heavy atom. The highest BCUT2D eigenvalue weighted by molar-refractivity contribution is 5.70. The summed E-state index contributed by atoms with van der Waals surface area (Å²) < 4.78 is 10.5. The topological polar surface area (TPSA) is 72.8 Å². The molecule has 1 unspecified atom stereocenters. The second-order valence-electron chi connectivity index (χ2n) is 10.2. The van der Waals surface area contributed by atoms with Gasteiger partial charge in [0.2, 0.25) is 0 Å². The molecule has 38 heavy (non-hydrogen) atoms. The maximum Gasteiger partial charge on any atom is 0.306 e. The molecule has 1 atom stereocenters. The number of hydrogen-bond acceptors (Lipinski definition) is 5. The molecule has 0 heterocycles. The van der Waals surface area contributed by atoms with Crippen LogP contribution in [-0.2, 0) is 19.1 Å². The highest BCUT2D eigenvalue weighted by Crippen LogP contribution is 2.11. The van der Waals surface area contributed by atoms with E-state index in [1.165, 1.54) is 44.9 Å². The molecule has 1 N–H and O–H groups in total. The highest BCUT2D eigenvalue weighted by atomic mass is 16.6. The number of esters is 2. The normalized spacial score (nSPS) is 12.6. The molecule has 0 spiro atoms. The van der Waals surface area contributed by atoms with Gasteiger partial charge >= 0.3 is 11.9 Å². The molecule has 0 aliphatic carbocycles. The van der Waals surface area contributed by atoms with Gasteiger partial charge in [-0.2, -0.15) is 0 Å². The molecular formula is C33H58O5. The summed E-state index contributed by atoms with van der Waals surface area (Å²) in [7, 11) is 0. The molecule has 0 fully saturated rings. The van der Waals surface area contributed by atoms with Crippen LogP contribution in [0.3, 0.4) is 0 Å². The summed E-state index contributed by atoms with van der Waals surface area (Å²) in [5, 5.41) is 9.46. The third kappa shape index (κ3) is 27.2. The van der Waals surface area contributed by atoms with Gasteiger partial charge in [-0.05, 0) is 57.8 Å². The Labute approximate surface area is 234 Å². The number of carbonyl (C=O) groups excluding carboxylic acids is 2. The van der Waals surface area contributed by atoms with Gasteiger partial charge < -0.3 is 14.6 Å². The monoisotopic (exact) mass is 534 g/mol. The summed E-state index contributed by atoms with van der Waals surface area (Å²) in [6.07, 6.45) is 33.4. The Kier molecular flexibility index (Phi) is 28.2. The van der Waals surface area contributed by atoms with E-state index in [2.05, 4.69) is 50.3 Å². The number of hydrogen-bond donors (Lipinski definition) is 1. The van der Waals surface area contributed by atoms with Gasteiger partial charge in [-0.3, -0.25) is 9.59 Å². The summed E-state index contributed by atoms with van der Waals surface area (Å²) in [4.78, 5) is 24.0. The molecule has 0 saturated carbocycles. The van der Waals surface area contributed by atoms with Crippen molar-refractivity contribution in [1.82, 2.24) is 0 Å². The van der Waals surface area contributed by atoms with Crippen LogP contribution in [0.4, 0.5) is 0 Å². The third-order valence-electron chi connectivity index (χ3n) is 6.39. The average molecular weight is 535 g/mol. The minimum Gasteiger partial charge on any atom is -0.462 e. The molecule has 0 aromatic rings. The number of rotatable bonds is 27. The van der Waals surface area contributed by atoms with Crippen molar-refractivity contribution in [2.75, 3.05) is 13.2 Å². The molecule has 0 aliphatic heterocycles. The van der Waals surface area contributed by atoms with Crippen LogP contribution in [-0.4, -0.2) is 36.4 Å². The van der Waals surface area contributed by atoms with Crippen molar-refractivity contribution in [3.8, 4) is 0 Å². The van der Waals surface area contributed by atoms with E-state index >= 15 is 0 Å². The first-order valence-electron chi connectivity index (χ1n) is 15.5. The van der Waals surface area contributed by atoms with E-state index in [4.69, 9.17) is 9.47 Å². The maximum atomic E-state index is 12.1. The summed E-state index contributed by atoms with van der Waals surface area (Å²) in [5.74, 6) is -0.625. The van der Waals surface area contributed by atoms with Crippen LogP contribution < -0.4 is 0 Å². The van der Waals surface area contributed by atoms with Crippen LogP contribution in [0.2, 0.25) is 0 Å². The summed E-state index contributed by atoms with van der Waals surface area (Å²) in [5.41, 5.74) is 0. The molecule has 0 bridgehead atoms. The molecule has 220 valence electrons. The van der Waals surface area contributed by atoms with Crippen molar-refractivity contribution >= 4 is 11.9 Å². The van der Waals surface area contributed by atoms with Gasteiger partial charge in [0.05, 0.1) is 6.61 Å². The lowest BCUT2D eigenvalue weighted by atomic mass is 10.1. The molecule has 5 heteroatoms. The Bertz CT molecular complexity index is 623. The van der Waals surface area contributed by atoms with Gasteiger partial charge in [0.25, 0.3) is 0 Å². The Balaban J connectivity index is 3.65. The van der Waals surface area contributed by atoms with Crippen molar-refractivity contribution < 1.29 is 24.2 Å². The molecule has 0 aromatic heterocycles. The Morgan fingerprint density at radius 3 is 1.68 bits per heavy atom. The first-order chi connectivity index (χ1) is 18.6. The number of ether oxygens (including phenoxy) is 2. The van der Waals surface area contributed by atoms with Crippen LogP contribution in [0, 0.1) is 0 Å². The molecule has 0 rings (SSSR count). The number of carbonyl (C=O) groups is 2. The van der Waals surface area contributed by atoms with E-state index in [0.717, 1.165) is 70.6 Å². The molecule has 0 amide bonds. The van der Waals surface area contributed by atoms with Gasteiger partial charge in [0, 0.05) is 12.8 Å². The molecule has 5 nitrogen and oxygen atoms in total. The minimum absolute atomic E-state index is 0.0762. The lowest BCUT2D eigenvalue weighted by Crippen LogP contribution is -2.28. The van der Waals surface area contributed by atoms with Crippen molar-refractivity contribution in [2.24, 2.45) is 0 Å². The van der Waals surface area contributed by atoms with E-state index in [-0.39, 0.29) is 25.2 Å². The lowest BCUT2D eigenvalue weighted by molar-refractivity contribution is -0.161. The first kappa shape index (κ1) is 36.1. The van der Waals surface area contributed by atoms with Gasteiger partial charge in [0.1, 0.15) is 6.61 Å². The zero-order chi connectivity index (χ0) is 27.9. The summed E-state index contributed by atoms with van der Waals surface area (Å²) in [6.45, 7) is 3.98. The molecule has 0 aromatic carbocycles. The predicted molar refractivity (Wildman–Crippen MR) is 159 cm³/mol. The van der Waals surface area contributed by atoms with Crippen molar-refractivity contribution in [3.63, 3.8) is 0 Å². The smallest absolute Gasteiger partial charge is 0.306 e. The van der Waals surface area contributed by atoms with E-state index in [9.17, 15) is 14.7 Å². The van der Waals surface area contributed by atoms with Gasteiger partial charge in [-0.15, -0.1) is 0 Å². The van der Waals surface area contributed by atoms with E-state index in [0.29, 0.717) is 12.8 Å². The number of aliphatic hydroxyl groups excluding tert-OH is 1. The van der Waals surface area contributed by atoms with Crippen LogP contribution in [0.15, 0.2) is 36.5 Å². The fourth-order valence-corrected chi connectivity index (χ4v) is 3.98. The van der Waals surface area contributed by atoms with Crippen molar-refractivity contribution in [2.45, 2.75) is 148 Å². The molecule has 0 aliphatic rings. The number of unbranched alkanes of at least 4 members (excludes halogenated alkanes) is 13. The third-order valence-corrected chi connectivity index (χ3v) is 6.39. The highest BCUT2D eigenvalue weighted by Gasteiger charge is 2.16. The average Bonchev–Trinajstić information content (AvgIpc) is 2.92. The van der Waals surface area contributed by atoms with E-state index in [1.54, 1.807) is 0 Å². The first-order valence-corrected chi connectivity index (χ1v) is 15.5. The Morgan fingerprint density at radius 1 is 0.605 bits per heavy atom. The Hall–Kier alpha value is -1.88. The SMILES string of the molecule is CCC/C=C\CCCCCCCC(=O)OCC(CO)OC(=O)CCCCCCC/C=C\C/C=C\CCCC. The van der Waals surface area contributed by atoms with Gasteiger partial charge in [-0.1, -0.05) is 108 Å². The zero-order valence-corrected chi connectivity index (χ0v) is 24.7. The number of aliphatic hydroxyl groups is 1. The lowest BCUT2D eigenvalue weighted by Gasteiger charge is -2.15. The van der Waals surface area contributed by atoms with E-state index < -0.39 is 6.10 Å². The minimum atomic E-state index is -0.777. The summed E-state index contributed by atoms with van der Waals surface area (Å²) in [6, 6.07) is 0. The fourth-order valence-electron chi connectivity index (χ4n) is 3.98. The molecule has 0 saturated heterocycles. The van der Waals surface area contributed by atoms with Crippen molar-refractivity contribution in [3.05, 3.63) is 36.5 Å². The van der Waals surface area contributed by atoms with Crippen LogP contribution >= 0.6 is 0 Å². The second kappa shape index (κ2) is 29.7. The molecular weight excluding hydrogens is 476 g/mol. The predicted octanol–water partition coefficient (Wildman–Crippen LogP) is 8.94. The van der Waals surface area contributed by atoms with E-state index in [1.807, 2.05) is 0 Å². The van der Waals surface area contributed by atoms with Crippen LogP contribution in [0.25, 0.3) is 0 Å². The van der Waals surface area contributed by atoms with Gasteiger partial charge in [0.15, 0.2) is 6.10 Å². The maximum absolute atomic E-state index is 12.1. The largest absolute Gasteiger partial charge is 0.462 e. The number of allylic oxidation sites excluding steroid dienone is 6. The molecule has 0 radical (unpaired) electrons.